The van der Waals surface area contributed by atoms with Crippen LogP contribution in [-0.2, 0) is 4.79 Å². The van der Waals surface area contributed by atoms with Gasteiger partial charge in [-0.1, -0.05) is 19.1 Å². The van der Waals surface area contributed by atoms with Crippen LogP contribution in [0, 0.1) is 0 Å². The van der Waals surface area contributed by atoms with Gasteiger partial charge in [-0.15, -0.1) is 0 Å². The molecule has 0 atom stereocenters. The molecule has 0 unspecified atom stereocenters. The number of carbonyl (C=O) groups excluding carboxylic acids is 1. The molecule has 0 aliphatic carbocycles. The Balaban J connectivity index is 2.08. The highest BCUT2D eigenvalue weighted by molar-refractivity contribution is 5.95. The Hall–Kier alpha value is -1.55. The minimum atomic E-state index is 0.149. The van der Waals surface area contributed by atoms with E-state index in [-0.39, 0.29) is 5.91 Å². The maximum absolute atomic E-state index is 12.1. The van der Waals surface area contributed by atoms with Gasteiger partial charge < -0.3 is 15.0 Å². The number of rotatable bonds is 5. The third kappa shape index (κ3) is 3.01. The average Bonchev–Trinajstić information content (AvgIpc) is 2.54. The van der Waals surface area contributed by atoms with Gasteiger partial charge in [0.2, 0.25) is 5.91 Å². The van der Waals surface area contributed by atoms with E-state index in [0.29, 0.717) is 13.0 Å². The van der Waals surface area contributed by atoms with Crippen LogP contribution in [-0.4, -0.2) is 32.1 Å². The highest BCUT2D eigenvalue weighted by atomic mass is 16.5. The number of fused-ring (bicyclic) bond motifs is 1. The summed E-state index contributed by atoms with van der Waals surface area (Å²) in [6.45, 7) is 5.20. The van der Waals surface area contributed by atoms with Gasteiger partial charge in [0.25, 0.3) is 0 Å². The smallest absolute Gasteiger partial charge is 0.230 e. The number of benzene rings is 1. The van der Waals surface area contributed by atoms with E-state index in [2.05, 4.69) is 12.2 Å². The van der Waals surface area contributed by atoms with E-state index in [1.54, 1.807) is 0 Å². The molecule has 0 fully saturated rings. The molecular weight excluding hydrogens is 228 g/mol. The Labute approximate surface area is 108 Å². The molecule has 1 amide bonds. The zero-order valence-electron chi connectivity index (χ0n) is 10.8. The molecule has 0 radical (unpaired) electrons. The van der Waals surface area contributed by atoms with Crippen LogP contribution in [0.1, 0.15) is 19.8 Å². The Morgan fingerprint density at radius 2 is 2.22 bits per heavy atom. The first kappa shape index (κ1) is 12.9. The van der Waals surface area contributed by atoms with E-state index >= 15 is 0 Å². The van der Waals surface area contributed by atoms with E-state index in [9.17, 15) is 4.79 Å². The highest BCUT2D eigenvalue weighted by Gasteiger charge is 2.22. The monoisotopic (exact) mass is 248 g/mol. The Morgan fingerprint density at radius 3 is 3.06 bits per heavy atom. The van der Waals surface area contributed by atoms with Crippen molar-refractivity contribution in [3.8, 4) is 5.75 Å². The van der Waals surface area contributed by atoms with Crippen molar-refractivity contribution in [2.75, 3.05) is 31.1 Å². The molecular formula is C14H20N2O2. The van der Waals surface area contributed by atoms with Crippen molar-refractivity contribution in [3.63, 3.8) is 0 Å². The first-order chi connectivity index (χ1) is 8.83. The number of para-hydroxylation sites is 2. The normalized spacial score (nSPS) is 14.9. The van der Waals surface area contributed by atoms with Crippen molar-refractivity contribution in [1.82, 2.24) is 5.32 Å². The molecule has 2 rings (SSSR count). The number of hydrogen-bond donors (Lipinski definition) is 1. The van der Waals surface area contributed by atoms with Crippen molar-refractivity contribution in [1.29, 1.82) is 0 Å². The summed E-state index contributed by atoms with van der Waals surface area (Å²) in [4.78, 5) is 13.9. The molecule has 98 valence electrons. The number of carbonyl (C=O) groups is 1. The quantitative estimate of drug-likeness (QED) is 0.808. The topological polar surface area (TPSA) is 41.6 Å². The maximum Gasteiger partial charge on any atom is 0.230 e. The fraction of sp³-hybridized carbons (Fsp3) is 0.500. The van der Waals surface area contributed by atoms with Crippen LogP contribution < -0.4 is 15.0 Å². The van der Waals surface area contributed by atoms with Gasteiger partial charge in [-0.2, -0.15) is 0 Å². The van der Waals surface area contributed by atoms with Crippen LogP contribution in [0.2, 0.25) is 0 Å². The van der Waals surface area contributed by atoms with Crippen molar-refractivity contribution in [3.05, 3.63) is 24.3 Å². The fourth-order valence-electron chi connectivity index (χ4n) is 2.10. The third-order valence-electron chi connectivity index (χ3n) is 3.02. The van der Waals surface area contributed by atoms with Gasteiger partial charge in [-0.25, -0.2) is 0 Å². The molecule has 4 nitrogen and oxygen atoms in total. The van der Waals surface area contributed by atoms with Crippen molar-refractivity contribution < 1.29 is 9.53 Å². The largest absolute Gasteiger partial charge is 0.491 e. The summed E-state index contributed by atoms with van der Waals surface area (Å²) in [5, 5.41) is 3.27. The first-order valence-electron chi connectivity index (χ1n) is 6.56. The minimum absolute atomic E-state index is 0.149. The molecule has 1 heterocycles. The standard InChI is InChI=1S/C14H20N2O2/c1-2-15-9-5-10-16-12-6-3-4-7-13(12)18-11-8-14(16)17/h3-4,6-7,15H,2,5,8-11H2,1H3. The molecule has 1 aliphatic rings. The number of nitrogens with one attached hydrogen (secondary N) is 1. The van der Waals surface area contributed by atoms with Gasteiger partial charge in [-0.05, 0) is 31.6 Å². The second-order valence-electron chi connectivity index (χ2n) is 4.32. The fourth-order valence-corrected chi connectivity index (χ4v) is 2.10. The van der Waals surface area contributed by atoms with Crippen molar-refractivity contribution in [2.24, 2.45) is 0 Å². The maximum atomic E-state index is 12.1. The Bertz CT molecular complexity index is 407. The molecule has 0 saturated heterocycles. The molecule has 0 saturated carbocycles. The molecule has 1 aromatic rings. The molecule has 18 heavy (non-hydrogen) atoms. The van der Waals surface area contributed by atoms with E-state index < -0.39 is 0 Å². The zero-order valence-corrected chi connectivity index (χ0v) is 10.8. The van der Waals surface area contributed by atoms with Gasteiger partial charge in [0.15, 0.2) is 0 Å². The van der Waals surface area contributed by atoms with Gasteiger partial charge >= 0.3 is 0 Å². The van der Waals surface area contributed by atoms with Crippen LogP contribution in [0.25, 0.3) is 0 Å². The second-order valence-corrected chi connectivity index (χ2v) is 4.32. The van der Waals surface area contributed by atoms with Crippen LogP contribution in [0.5, 0.6) is 5.75 Å². The van der Waals surface area contributed by atoms with Crippen LogP contribution in [0.15, 0.2) is 24.3 Å². The summed E-state index contributed by atoms with van der Waals surface area (Å²) in [5.41, 5.74) is 0.900. The number of ether oxygens (including phenoxy) is 1. The van der Waals surface area contributed by atoms with Crippen LogP contribution in [0.3, 0.4) is 0 Å². The SMILES string of the molecule is CCNCCCN1C(=O)CCOc2ccccc21. The second kappa shape index (κ2) is 6.40. The van der Waals surface area contributed by atoms with Crippen LogP contribution in [0.4, 0.5) is 5.69 Å². The van der Waals surface area contributed by atoms with Gasteiger partial charge in [-0.3, -0.25) is 4.79 Å². The lowest BCUT2D eigenvalue weighted by molar-refractivity contribution is -0.118. The molecule has 1 N–H and O–H groups in total. The summed E-state index contributed by atoms with van der Waals surface area (Å²) < 4.78 is 5.60. The highest BCUT2D eigenvalue weighted by Crippen LogP contribution is 2.30. The molecule has 0 spiro atoms. The predicted octanol–water partition coefficient (Wildman–Crippen LogP) is 1.80. The van der Waals surface area contributed by atoms with Crippen LogP contribution >= 0.6 is 0 Å². The van der Waals surface area contributed by atoms with Gasteiger partial charge in [0, 0.05) is 6.54 Å². The lowest BCUT2D eigenvalue weighted by Crippen LogP contribution is -2.32. The number of anilines is 1. The summed E-state index contributed by atoms with van der Waals surface area (Å²) in [6, 6.07) is 7.75. The summed E-state index contributed by atoms with van der Waals surface area (Å²) >= 11 is 0. The Kier molecular flexibility index (Phi) is 4.59. The first-order valence-corrected chi connectivity index (χ1v) is 6.56. The molecule has 0 bridgehead atoms. The summed E-state index contributed by atoms with van der Waals surface area (Å²) in [6.07, 6.45) is 1.41. The van der Waals surface area contributed by atoms with Gasteiger partial charge in [0.05, 0.1) is 18.7 Å². The van der Waals surface area contributed by atoms with E-state index in [1.807, 2.05) is 29.2 Å². The van der Waals surface area contributed by atoms with Crippen molar-refractivity contribution in [2.45, 2.75) is 19.8 Å². The van der Waals surface area contributed by atoms with Crippen molar-refractivity contribution >= 4 is 11.6 Å². The van der Waals surface area contributed by atoms with E-state index in [4.69, 9.17) is 4.74 Å². The predicted molar refractivity (Wildman–Crippen MR) is 72.1 cm³/mol. The number of hydrogen-bond acceptors (Lipinski definition) is 3. The van der Waals surface area contributed by atoms with E-state index in [1.165, 1.54) is 0 Å². The lowest BCUT2D eigenvalue weighted by atomic mass is 10.2. The summed E-state index contributed by atoms with van der Waals surface area (Å²) in [7, 11) is 0. The molecule has 4 heteroatoms. The Morgan fingerprint density at radius 1 is 1.39 bits per heavy atom. The lowest BCUT2D eigenvalue weighted by Gasteiger charge is -2.21. The minimum Gasteiger partial charge on any atom is -0.491 e. The molecule has 1 aromatic carbocycles. The third-order valence-corrected chi connectivity index (χ3v) is 3.02. The molecule has 0 aromatic heterocycles. The zero-order chi connectivity index (χ0) is 12.8. The number of amides is 1. The van der Waals surface area contributed by atoms with Gasteiger partial charge in [0.1, 0.15) is 5.75 Å². The molecule has 1 aliphatic heterocycles. The summed E-state index contributed by atoms with van der Waals surface area (Å²) in [5.74, 6) is 0.961. The number of nitrogens with zero attached hydrogens (tertiary/aromatic N) is 1. The average molecular weight is 248 g/mol. The van der Waals surface area contributed by atoms with E-state index in [0.717, 1.165) is 37.5 Å².